The van der Waals surface area contributed by atoms with Crippen molar-refractivity contribution in [3.8, 4) is 0 Å². The van der Waals surface area contributed by atoms with E-state index in [1.54, 1.807) is 23.1 Å². The maximum absolute atomic E-state index is 6.14. The van der Waals surface area contributed by atoms with Crippen molar-refractivity contribution < 1.29 is 0 Å². The first kappa shape index (κ1) is 15.6. The Labute approximate surface area is 133 Å². The molecule has 0 saturated heterocycles. The van der Waals surface area contributed by atoms with E-state index in [4.69, 9.17) is 23.2 Å². The van der Waals surface area contributed by atoms with E-state index in [1.807, 2.05) is 21.0 Å². The standard InChI is InChI=1S/C13H16Cl2N6/c1-4-16-11-18-12(20-13(19-11)21(2)3)17-10-6-5-8(14)7-9(10)15/h5-7H,4H2,1-3H3,(H2,16,17,18,19,20). The SMILES string of the molecule is CCNc1nc(Nc2ccc(Cl)cc2Cl)nc(N(C)C)n1. The highest BCUT2D eigenvalue weighted by Gasteiger charge is 2.09. The second-order valence-corrected chi connectivity index (χ2v) is 5.30. The maximum atomic E-state index is 6.14. The molecule has 112 valence electrons. The van der Waals surface area contributed by atoms with Crippen molar-refractivity contribution in [2.24, 2.45) is 0 Å². The van der Waals surface area contributed by atoms with Gasteiger partial charge in [-0.15, -0.1) is 0 Å². The van der Waals surface area contributed by atoms with Crippen molar-refractivity contribution in [2.45, 2.75) is 6.92 Å². The number of rotatable bonds is 5. The molecule has 2 aromatic rings. The summed E-state index contributed by atoms with van der Waals surface area (Å²) in [6.07, 6.45) is 0. The fourth-order valence-electron chi connectivity index (χ4n) is 1.57. The highest BCUT2D eigenvalue weighted by Crippen LogP contribution is 2.27. The zero-order valence-electron chi connectivity index (χ0n) is 12.0. The molecule has 0 atom stereocenters. The van der Waals surface area contributed by atoms with E-state index in [-0.39, 0.29) is 0 Å². The van der Waals surface area contributed by atoms with Crippen LogP contribution in [0, 0.1) is 0 Å². The molecular weight excluding hydrogens is 311 g/mol. The van der Waals surface area contributed by atoms with E-state index in [2.05, 4.69) is 25.6 Å². The molecule has 0 saturated carbocycles. The smallest absolute Gasteiger partial charge is 0.233 e. The van der Waals surface area contributed by atoms with Gasteiger partial charge in [0.05, 0.1) is 10.7 Å². The van der Waals surface area contributed by atoms with Crippen LogP contribution >= 0.6 is 23.2 Å². The molecule has 2 rings (SSSR count). The molecule has 8 heteroatoms. The van der Waals surface area contributed by atoms with Crippen LogP contribution in [0.5, 0.6) is 0 Å². The molecular formula is C13H16Cl2N6. The lowest BCUT2D eigenvalue weighted by atomic mass is 10.3. The summed E-state index contributed by atoms with van der Waals surface area (Å²) in [5.41, 5.74) is 0.680. The van der Waals surface area contributed by atoms with Crippen LogP contribution in [0.25, 0.3) is 0 Å². The van der Waals surface area contributed by atoms with Gasteiger partial charge in [-0.1, -0.05) is 23.2 Å². The van der Waals surface area contributed by atoms with Gasteiger partial charge in [0, 0.05) is 25.7 Å². The number of hydrogen-bond acceptors (Lipinski definition) is 6. The molecule has 1 aromatic carbocycles. The number of nitrogens with zero attached hydrogens (tertiary/aromatic N) is 4. The fraction of sp³-hybridized carbons (Fsp3) is 0.308. The first-order chi connectivity index (χ1) is 9.99. The van der Waals surface area contributed by atoms with Gasteiger partial charge < -0.3 is 15.5 Å². The van der Waals surface area contributed by atoms with Crippen LogP contribution in [-0.2, 0) is 0 Å². The van der Waals surface area contributed by atoms with Crippen LogP contribution in [0.4, 0.5) is 23.5 Å². The van der Waals surface area contributed by atoms with Crippen molar-refractivity contribution in [1.82, 2.24) is 15.0 Å². The predicted octanol–water partition coefficient (Wildman–Crippen LogP) is 3.42. The van der Waals surface area contributed by atoms with Gasteiger partial charge in [0.15, 0.2) is 0 Å². The second kappa shape index (κ2) is 6.78. The molecule has 21 heavy (non-hydrogen) atoms. The molecule has 6 nitrogen and oxygen atoms in total. The van der Waals surface area contributed by atoms with E-state index >= 15 is 0 Å². The van der Waals surface area contributed by atoms with Crippen molar-refractivity contribution in [1.29, 1.82) is 0 Å². The zero-order valence-corrected chi connectivity index (χ0v) is 13.5. The minimum atomic E-state index is 0.411. The Morgan fingerprint density at radius 2 is 1.81 bits per heavy atom. The third-order valence-corrected chi connectivity index (χ3v) is 3.08. The molecule has 0 unspecified atom stereocenters. The first-order valence-corrected chi connectivity index (χ1v) is 7.14. The molecule has 2 N–H and O–H groups in total. The Morgan fingerprint density at radius 3 is 2.43 bits per heavy atom. The predicted molar refractivity (Wildman–Crippen MR) is 88.1 cm³/mol. The monoisotopic (exact) mass is 326 g/mol. The molecule has 0 bridgehead atoms. The summed E-state index contributed by atoms with van der Waals surface area (Å²) < 4.78 is 0. The average Bonchev–Trinajstić information content (AvgIpc) is 2.42. The molecule has 0 spiro atoms. The van der Waals surface area contributed by atoms with Crippen LogP contribution in [0.3, 0.4) is 0 Å². The lowest BCUT2D eigenvalue weighted by molar-refractivity contribution is 0.953. The van der Waals surface area contributed by atoms with E-state index in [0.717, 1.165) is 6.54 Å². The first-order valence-electron chi connectivity index (χ1n) is 6.39. The number of hydrogen-bond donors (Lipinski definition) is 2. The number of anilines is 4. The Hall–Kier alpha value is -1.79. The van der Waals surface area contributed by atoms with E-state index in [9.17, 15) is 0 Å². The van der Waals surface area contributed by atoms with Crippen LogP contribution in [-0.4, -0.2) is 35.6 Å². The van der Waals surface area contributed by atoms with Crippen molar-refractivity contribution >= 4 is 46.7 Å². The van der Waals surface area contributed by atoms with Gasteiger partial charge in [0.2, 0.25) is 17.8 Å². The van der Waals surface area contributed by atoms with Crippen LogP contribution < -0.4 is 15.5 Å². The van der Waals surface area contributed by atoms with Gasteiger partial charge in [-0.05, 0) is 25.1 Å². The van der Waals surface area contributed by atoms with Crippen molar-refractivity contribution in [2.75, 3.05) is 36.2 Å². The van der Waals surface area contributed by atoms with Crippen molar-refractivity contribution in [3.05, 3.63) is 28.2 Å². The molecule has 0 aliphatic heterocycles. The number of nitrogens with one attached hydrogen (secondary N) is 2. The van der Waals surface area contributed by atoms with E-state index in [1.165, 1.54) is 0 Å². The molecule has 0 amide bonds. The highest BCUT2D eigenvalue weighted by molar-refractivity contribution is 6.36. The maximum Gasteiger partial charge on any atom is 0.233 e. The Kier molecular flexibility index (Phi) is 5.03. The zero-order chi connectivity index (χ0) is 15.4. The fourth-order valence-corrected chi connectivity index (χ4v) is 2.02. The lowest BCUT2D eigenvalue weighted by Crippen LogP contribution is -2.16. The normalized spacial score (nSPS) is 10.3. The lowest BCUT2D eigenvalue weighted by Gasteiger charge is -2.14. The third-order valence-electron chi connectivity index (χ3n) is 2.54. The topological polar surface area (TPSA) is 66.0 Å². The summed E-state index contributed by atoms with van der Waals surface area (Å²) in [5, 5.41) is 7.22. The summed E-state index contributed by atoms with van der Waals surface area (Å²) in [6.45, 7) is 2.69. The van der Waals surface area contributed by atoms with Gasteiger partial charge in [-0.3, -0.25) is 0 Å². The van der Waals surface area contributed by atoms with Gasteiger partial charge in [0.1, 0.15) is 0 Å². The van der Waals surface area contributed by atoms with E-state index < -0.39 is 0 Å². The highest BCUT2D eigenvalue weighted by atomic mass is 35.5. The summed E-state index contributed by atoms with van der Waals surface area (Å²) in [4.78, 5) is 14.7. The minimum absolute atomic E-state index is 0.411. The van der Waals surface area contributed by atoms with E-state index in [0.29, 0.717) is 33.6 Å². The number of halogens is 2. The molecule has 1 heterocycles. The largest absolute Gasteiger partial charge is 0.354 e. The average molecular weight is 327 g/mol. The van der Waals surface area contributed by atoms with Gasteiger partial charge in [-0.25, -0.2) is 0 Å². The molecule has 0 aliphatic rings. The third kappa shape index (κ3) is 4.09. The number of aromatic nitrogens is 3. The molecule has 0 aliphatic carbocycles. The molecule has 1 aromatic heterocycles. The Bertz CT molecular complexity index is 632. The summed E-state index contributed by atoms with van der Waals surface area (Å²) in [6, 6.07) is 5.18. The Balaban J connectivity index is 2.33. The molecule has 0 fully saturated rings. The Morgan fingerprint density at radius 1 is 1.10 bits per heavy atom. The van der Waals surface area contributed by atoms with Crippen molar-refractivity contribution in [3.63, 3.8) is 0 Å². The summed E-state index contributed by atoms with van der Waals surface area (Å²) >= 11 is 12.0. The minimum Gasteiger partial charge on any atom is -0.354 e. The summed E-state index contributed by atoms with van der Waals surface area (Å²) in [7, 11) is 3.73. The number of benzene rings is 1. The summed E-state index contributed by atoms with van der Waals surface area (Å²) in [5.74, 6) is 1.46. The van der Waals surface area contributed by atoms with Gasteiger partial charge >= 0.3 is 0 Å². The van der Waals surface area contributed by atoms with Crippen LogP contribution in [0.15, 0.2) is 18.2 Å². The second-order valence-electron chi connectivity index (χ2n) is 4.46. The van der Waals surface area contributed by atoms with Gasteiger partial charge in [0.25, 0.3) is 0 Å². The quantitative estimate of drug-likeness (QED) is 0.877. The van der Waals surface area contributed by atoms with Crippen LogP contribution in [0.1, 0.15) is 6.92 Å². The molecule has 0 radical (unpaired) electrons. The van der Waals surface area contributed by atoms with Crippen LogP contribution in [0.2, 0.25) is 10.0 Å². The van der Waals surface area contributed by atoms with Gasteiger partial charge in [-0.2, -0.15) is 15.0 Å².